The summed E-state index contributed by atoms with van der Waals surface area (Å²) in [7, 11) is 0.203. The number of hydrogen-bond donors (Lipinski definition) is 4. The summed E-state index contributed by atoms with van der Waals surface area (Å²) < 4.78 is 36.0. The van der Waals surface area contributed by atoms with Gasteiger partial charge < -0.3 is 15.0 Å². The van der Waals surface area contributed by atoms with Crippen molar-refractivity contribution in [1.29, 1.82) is 0 Å². The summed E-state index contributed by atoms with van der Waals surface area (Å²) in [4.78, 5) is 2.67. The van der Waals surface area contributed by atoms with Crippen LogP contribution in [0.15, 0.2) is 0 Å². The Bertz CT molecular complexity index is 811. The molecular formula is C24H47N7O3S. The van der Waals surface area contributed by atoms with Crippen molar-refractivity contribution in [3.8, 4) is 0 Å². The normalized spacial score (nSPS) is 41.2. The Labute approximate surface area is 211 Å². The summed E-state index contributed by atoms with van der Waals surface area (Å²) in [5.74, 6) is 1.09. The maximum atomic E-state index is 13.6. The number of ether oxygens (including phenoxy) is 1. The van der Waals surface area contributed by atoms with Crippen molar-refractivity contribution in [1.82, 2.24) is 35.8 Å². The minimum absolute atomic E-state index is 0.101. The Morgan fingerprint density at radius 2 is 1.86 bits per heavy atom. The average Bonchev–Trinajstić information content (AvgIpc) is 3.52. The van der Waals surface area contributed by atoms with Crippen LogP contribution in [-0.2, 0) is 14.8 Å². The molecule has 8 atom stereocenters. The highest BCUT2D eigenvalue weighted by atomic mass is 32.2. The maximum Gasteiger partial charge on any atom is 0.217 e. The van der Waals surface area contributed by atoms with E-state index in [9.17, 15) is 8.42 Å². The average molecular weight is 514 g/mol. The van der Waals surface area contributed by atoms with E-state index in [0.29, 0.717) is 31.0 Å². The molecule has 4 N–H and O–H groups in total. The van der Waals surface area contributed by atoms with Gasteiger partial charge in [-0.25, -0.2) is 23.2 Å². The van der Waals surface area contributed by atoms with Gasteiger partial charge in [-0.3, -0.25) is 10.9 Å². The zero-order valence-corrected chi connectivity index (χ0v) is 22.6. The van der Waals surface area contributed by atoms with Gasteiger partial charge in [-0.15, -0.1) is 0 Å². The number of hydrazine groups is 2. The molecule has 11 heteroatoms. The van der Waals surface area contributed by atoms with E-state index in [2.05, 4.69) is 42.7 Å². The van der Waals surface area contributed by atoms with Crippen LogP contribution in [0.1, 0.15) is 51.9 Å². The fourth-order valence-corrected chi connectivity index (χ4v) is 8.83. The van der Waals surface area contributed by atoms with Crippen LogP contribution in [0.3, 0.4) is 0 Å². The molecule has 5 aliphatic rings. The second-order valence-electron chi connectivity index (χ2n) is 11.5. The van der Waals surface area contributed by atoms with Crippen LogP contribution in [0.5, 0.6) is 0 Å². The molecule has 4 aliphatic heterocycles. The molecule has 7 unspecified atom stereocenters. The number of fused-ring (bicyclic) bond motifs is 1. The molecule has 0 aromatic carbocycles. The molecule has 0 aromatic rings. The van der Waals surface area contributed by atoms with Crippen molar-refractivity contribution in [2.45, 2.75) is 87.5 Å². The fourth-order valence-electron chi connectivity index (χ4n) is 7.32. The van der Waals surface area contributed by atoms with E-state index >= 15 is 0 Å². The van der Waals surface area contributed by atoms with Crippen LogP contribution in [-0.4, -0.2) is 112 Å². The first-order valence-corrected chi connectivity index (χ1v) is 15.4. The zero-order chi connectivity index (χ0) is 24.6. The Morgan fingerprint density at radius 1 is 1.06 bits per heavy atom. The highest BCUT2D eigenvalue weighted by molar-refractivity contribution is 7.90. The number of piperidine rings is 2. The topological polar surface area (TPSA) is 101 Å². The van der Waals surface area contributed by atoms with E-state index in [1.54, 1.807) is 7.11 Å². The quantitative estimate of drug-likeness (QED) is 0.372. The zero-order valence-electron chi connectivity index (χ0n) is 21.8. The van der Waals surface area contributed by atoms with E-state index in [-0.39, 0.29) is 24.4 Å². The molecule has 35 heavy (non-hydrogen) atoms. The van der Waals surface area contributed by atoms with Gasteiger partial charge in [-0.1, -0.05) is 6.42 Å². The largest absolute Gasteiger partial charge is 0.380 e. The van der Waals surface area contributed by atoms with E-state index in [1.807, 2.05) is 7.05 Å². The summed E-state index contributed by atoms with van der Waals surface area (Å²) in [5.41, 5.74) is 6.81. The lowest BCUT2D eigenvalue weighted by molar-refractivity contribution is 0.00327. The third kappa shape index (κ3) is 5.58. The third-order valence-corrected chi connectivity index (χ3v) is 11.3. The Balaban J connectivity index is 1.19. The van der Waals surface area contributed by atoms with E-state index in [0.717, 1.165) is 32.4 Å². The molecule has 0 spiro atoms. The molecule has 4 saturated heterocycles. The Kier molecular flexibility index (Phi) is 8.37. The summed E-state index contributed by atoms with van der Waals surface area (Å²) in [6.07, 6.45) is 8.26. The third-order valence-electron chi connectivity index (χ3n) is 9.53. The van der Waals surface area contributed by atoms with Crippen LogP contribution >= 0.6 is 0 Å². The van der Waals surface area contributed by atoms with Crippen molar-refractivity contribution < 1.29 is 13.2 Å². The monoisotopic (exact) mass is 513 g/mol. The lowest BCUT2D eigenvalue weighted by atomic mass is 9.80. The Morgan fingerprint density at radius 3 is 2.63 bits per heavy atom. The summed E-state index contributed by atoms with van der Waals surface area (Å²) in [6.45, 7) is 7.68. The number of sulfonamides is 1. The second-order valence-corrected chi connectivity index (χ2v) is 13.5. The van der Waals surface area contributed by atoms with E-state index < -0.39 is 15.3 Å². The number of likely N-dealkylation sites (tertiary alicyclic amines) is 1. The van der Waals surface area contributed by atoms with Crippen molar-refractivity contribution in [2.75, 3.05) is 53.4 Å². The van der Waals surface area contributed by atoms with Crippen molar-refractivity contribution in [2.24, 2.45) is 11.8 Å². The molecule has 10 nitrogen and oxygen atoms in total. The van der Waals surface area contributed by atoms with E-state index in [4.69, 9.17) is 4.74 Å². The molecule has 0 aromatic heterocycles. The van der Waals surface area contributed by atoms with Crippen LogP contribution in [0.2, 0.25) is 0 Å². The number of likely N-dealkylation sites (N-methyl/N-ethyl adjacent to an activating group) is 1. The second kappa shape index (κ2) is 11.2. The fraction of sp³-hybridized carbons (Fsp3) is 1.00. The minimum Gasteiger partial charge on any atom is -0.380 e. The van der Waals surface area contributed by atoms with Gasteiger partial charge in [-0.2, -0.15) is 0 Å². The molecular weight excluding hydrogens is 466 g/mol. The van der Waals surface area contributed by atoms with Gasteiger partial charge in [0, 0.05) is 45.9 Å². The van der Waals surface area contributed by atoms with Gasteiger partial charge in [0.25, 0.3) is 0 Å². The molecule has 1 saturated carbocycles. The number of rotatable bonds is 7. The predicted molar refractivity (Wildman–Crippen MR) is 137 cm³/mol. The molecule has 5 rings (SSSR count). The smallest absolute Gasteiger partial charge is 0.217 e. The van der Waals surface area contributed by atoms with Crippen molar-refractivity contribution in [3.05, 3.63) is 0 Å². The Hall–Kier alpha value is -0.370. The van der Waals surface area contributed by atoms with Crippen LogP contribution in [0.25, 0.3) is 0 Å². The minimum atomic E-state index is -3.51. The summed E-state index contributed by atoms with van der Waals surface area (Å²) in [6, 6.07) is 0.470. The molecule has 1 aliphatic carbocycles. The van der Waals surface area contributed by atoms with Gasteiger partial charge in [0.2, 0.25) is 10.0 Å². The number of nitrogens with zero attached hydrogens (tertiary/aromatic N) is 3. The predicted octanol–water partition coefficient (Wildman–Crippen LogP) is -0.0931. The number of hydrogen-bond acceptors (Lipinski definition) is 9. The molecule has 4 heterocycles. The maximum absolute atomic E-state index is 13.6. The molecule has 202 valence electrons. The number of nitrogens with one attached hydrogen (secondary N) is 4. The summed E-state index contributed by atoms with van der Waals surface area (Å²) >= 11 is 0. The van der Waals surface area contributed by atoms with Gasteiger partial charge in [-0.05, 0) is 76.9 Å². The SMILES string of the molecule is COC1CCC2CNN(C)C2C1NS(=O)(=O)C1CNN(C2CC([C@@H](C)N3CCCCC3)CCN2)C1. The van der Waals surface area contributed by atoms with Gasteiger partial charge in [0.15, 0.2) is 0 Å². The first-order valence-electron chi connectivity index (χ1n) is 13.8. The highest BCUT2D eigenvalue weighted by Crippen LogP contribution is 2.33. The molecule has 0 amide bonds. The standard InChI is InChI=1S/C24H47N7O3S/c1-17(30-11-5-4-6-12-30)18-9-10-25-22(13-18)31-16-20(15-27-31)35(32,33)28-23-21(34-3)8-7-19-14-26-29(2)24(19)23/h17-28H,4-16H2,1-3H3/t17-,18?,19?,20?,21?,22?,23?,24?/m1/s1. The lowest BCUT2D eigenvalue weighted by Crippen LogP contribution is -2.61. The molecule has 0 bridgehead atoms. The summed E-state index contributed by atoms with van der Waals surface area (Å²) in [5, 5.41) is 7.41. The van der Waals surface area contributed by atoms with Crippen LogP contribution < -0.4 is 20.9 Å². The van der Waals surface area contributed by atoms with Gasteiger partial charge in [0.05, 0.1) is 18.3 Å². The van der Waals surface area contributed by atoms with Crippen LogP contribution in [0, 0.1) is 11.8 Å². The lowest BCUT2D eigenvalue weighted by Gasteiger charge is -2.43. The van der Waals surface area contributed by atoms with Crippen LogP contribution in [0.4, 0.5) is 0 Å². The van der Waals surface area contributed by atoms with Gasteiger partial charge in [0.1, 0.15) is 5.25 Å². The highest BCUT2D eigenvalue weighted by Gasteiger charge is 2.48. The van der Waals surface area contributed by atoms with Gasteiger partial charge >= 0.3 is 0 Å². The van der Waals surface area contributed by atoms with Crippen molar-refractivity contribution >= 4 is 10.0 Å². The first kappa shape index (κ1) is 26.2. The van der Waals surface area contributed by atoms with Crippen molar-refractivity contribution in [3.63, 3.8) is 0 Å². The van der Waals surface area contributed by atoms with E-state index in [1.165, 1.54) is 38.8 Å². The molecule has 0 radical (unpaired) electrons. The first-order chi connectivity index (χ1) is 16.9. The molecule has 5 fully saturated rings. The number of methoxy groups -OCH3 is 1.